The molecule has 0 saturated heterocycles. The summed E-state index contributed by atoms with van der Waals surface area (Å²) in [5, 5.41) is 15.5. The first-order valence-electron chi connectivity index (χ1n) is 2.73. The predicted octanol–water partition coefficient (Wildman–Crippen LogP) is 0.662. The van der Waals surface area contributed by atoms with Crippen molar-refractivity contribution in [1.82, 2.24) is 0 Å². The Morgan fingerprint density at radius 1 is 1.22 bits per heavy atom. The molecule has 4 nitrogen and oxygen atoms in total. The van der Waals surface area contributed by atoms with Crippen molar-refractivity contribution in [3.05, 3.63) is 0 Å². The molecule has 0 unspecified atom stereocenters. The molecule has 0 aromatic heterocycles. The zero-order chi connectivity index (χ0) is 7.91. The van der Waals surface area contributed by atoms with E-state index in [0.29, 0.717) is 0 Å². The molecule has 0 atom stereocenters. The van der Waals surface area contributed by atoms with Crippen LogP contribution < -0.4 is 0 Å². The average Bonchev–Trinajstić information content (AvgIpc) is 1.67. The van der Waals surface area contributed by atoms with Crippen molar-refractivity contribution < 1.29 is 20.0 Å². The molecule has 0 aliphatic rings. The van der Waals surface area contributed by atoms with E-state index in [1.807, 2.05) is 0 Å². The van der Waals surface area contributed by atoms with E-state index in [9.17, 15) is 0 Å². The molecule has 9 heavy (non-hydrogen) atoms. The maximum atomic E-state index is 6.62. The highest BCUT2D eigenvalue weighted by molar-refractivity contribution is 4.06. The van der Waals surface area contributed by atoms with E-state index in [0.717, 1.165) is 4.48 Å². The topological polar surface area (TPSA) is 49.7 Å². The molecule has 0 aliphatic carbocycles. The van der Waals surface area contributed by atoms with Crippen molar-refractivity contribution in [2.24, 2.45) is 0 Å². The molecule has 0 amide bonds. The highest BCUT2D eigenvalue weighted by atomic mass is 17.4. The van der Waals surface area contributed by atoms with Gasteiger partial charge in [0.15, 0.2) is 0 Å². The van der Waals surface area contributed by atoms with E-state index in [1.54, 1.807) is 0 Å². The molecule has 0 fully saturated rings. The third kappa shape index (κ3) is 33.2. The lowest BCUT2D eigenvalue weighted by atomic mass is 10.6. The molecular weight excluding hydrogens is 122 g/mol. The fourth-order valence-electron chi connectivity index (χ4n) is 0. The van der Waals surface area contributed by atoms with Crippen LogP contribution in [-0.2, 0) is 5.04 Å². The maximum Gasteiger partial charge on any atom is 0.0751 e. The summed E-state index contributed by atoms with van der Waals surface area (Å²) in [4.78, 5) is 0. The Labute approximate surface area is 55.7 Å². The number of hydrogen-bond acceptors (Lipinski definition) is 3. The number of rotatable bonds is 1. The van der Waals surface area contributed by atoms with Crippen molar-refractivity contribution in [1.29, 1.82) is 0 Å². The Kier molecular flexibility index (Phi) is 7.70. The molecule has 2 N–H and O–H groups in total. The van der Waals surface area contributed by atoms with E-state index >= 15 is 0 Å². The lowest BCUT2D eigenvalue weighted by molar-refractivity contribution is -0.868. The van der Waals surface area contributed by atoms with Gasteiger partial charge < -0.3 is 4.48 Å². The van der Waals surface area contributed by atoms with Gasteiger partial charge in [-0.2, -0.15) is 0 Å². The molecule has 4 heteroatoms. The van der Waals surface area contributed by atoms with E-state index in [4.69, 9.17) is 10.5 Å². The van der Waals surface area contributed by atoms with E-state index in [-0.39, 0.29) is 0 Å². The summed E-state index contributed by atoms with van der Waals surface area (Å²) in [6, 6.07) is 0. The van der Waals surface area contributed by atoms with Crippen LogP contribution in [0.5, 0.6) is 0 Å². The first-order valence-corrected chi connectivity index (χ1v) is 2.73. The fourth-order valence-corrected chi connectivity index (χ4v) is 0. The van der Waals surface area contributed by atoms with Gasteiger partial charge in [0.25, 0.3) is 0 Å². The van der Waals surface area contributed by atoms with Crippen LogP contribution in [0.15, 0.2) is 0 Å². The summed E-state index contributed by atoms with van der Waals surface area (Å²) >= 11 is 0. The predicted molar refractivity (Wildman–Crippen MR) is 34.9 cm³/mol. The molecule has 0 aromatic rings. The smallest absolute Gasteiger partial charge is 0.0751 e. The van der Waals surface area contributed by atoms with Gasteiger partial charge in [-0.1, -0.05) is 5.04 Å². The largest absolute Gasteiger partial charge is 0.331 e. The van der Waals surface area contributed by atoms with Gasteiger partial charge >= 0.3 is 0 Å². The SMILES string of the molecule is CC[N+](C)(C)C.OOO. The normalized spacial score (nSPS) is 10.0. The van der Waals surface area contributed by atoms with Crippen molar-refractivity contribution >= 4 is 0 Å². The van der Waals surface area contributed by atoms with Crippen LogP contribution in [0.4, 0.5) is 0 Å². The molecule has 0 aliphatic heterocycles. The summed E-state index contributed by atoms with van der Waals surface area (Å²) in [5.41, 5.74) is 0. The Morgan fingerprint density at radius 3 is 1.33 bits per heavy atom. The molecular formula is C5H16NO3+. The van der Waals surface area contributed by atoms with Crippen molar-refractivity contribution in [2.75, 3.05) is 27.7 Å². The molecule has 0 saturated carbocycles. The van der Waals surface area contributed by atoms with E-state index in [1.165, 1.54) is 6.54 Å². The van der Waals surface area contributed by atoms with Crippen LogP contribution in [0.1, 0.15) is 6.92 Å². The Balaban J connectivity index is 0. The van der Waals surface area contributed by atoms with Gasteiger partial charge in [0, 0.05) is 0 Å². The van der Waals surface area contributed by atoms with Crippen molar-refractivity contribution in [3.63, 3.8) is 0 Å². The first-order chi connectivity index (χ1) is 3.97. The first kappa shape index (κ1) is 11.6. The van der Waals surface area contributed by atoms with Crippen LogP contribution in [0.2, 0.25) is 0 Å². The Hall–Kier alpha value is -0.160. The molecule has 0 heterocycles. The second-order valence-electron chi connectivity index (χ2n) is 2.69. The summed E-state index contributed by atoms with van der Waals surface area (Å²) in [6.07, 6.45) is 0. The van der Waals surface area contributed by atoms with Crippen LogP contribution in [0, 0.1) is 0 Å². The fraction of sp³-hybridized carbons (Fsp3) is 1.00. The second-order valence-corrected chi connectivity index (χ2v) is 2.69. The third-order valence-corrected chi connectivity index (χ3v) is 0.949. The van der Waals surface area contributed by atoms with Gasteiger partial charge in [0.2, 0.25) is 0 Å². The Bertz CT molecular complexity index is 50.7. The quantitative estimate of drug-likeness (QED) is 0.318. The van der Waals surface area contributed by atoms with Crippen LogP contribution in [0.25, 0.3) is 0 Å². The molecule has 0 spiro atoms. The minimum absolute atomic E-state index is 1.07. The van der Waals surface area contributed by atoms with Gasteiger partial charge in [-0.15, -0.1) is 0 Å². The number of hydrogen-bond donors (Lipinski definition) is 2. The maximum absolute atomic E-state index is 6.62. The minimum Gasteiger partial charge on any atom is -0.331 e. The van der Waals surface area contributed by atoms with E-state index < -0.39 is 0 Å². The monoisotopic (exact) mass is 138 g/mol. The standard InChI is InChI=1S/C5H14N.H2O3/c1-5-6(2,3)4;1-3-2/h5H2,1-4H3;1-2H/q+1;. The van der Waals surface area contributed by atoms with Gasteiger partial charge in [-0.05, 0) is 6.92 Å². The van der Waals surface area contributed by atoms with Gasteiger partial charge in [-0.3, -0.25) is 0 Å². The van der Waals surface area contributed by atoms with Gasteiger partial charge in [-0.25, -0.2) is 10.5 Å². The molecule has 0 rings (SSSR count). The van der Waals surface area contributed by atoms with Crippen LogP contribution in [0.3, 0.4) is 0 Å². The highest BCUT2D eigenvalue weighted by Gasteiger charge is 1.97. The zero-order valence-electron chi connectivity index (χ0n) is 6.46. The van der Waals surface area contributed by atoms with Crippen LogP contribution >= 0.6 is 0 Å². The lowest BCUT2D eigenvalue weighted by Crippen LogP contribution is -2.33. The van der Waals surface area contributed by atoms with Gasteiger partial charge in [0.1, 0.15) is 0 Å². The summed E-state index contributed by atoms with van der Waals surface area (Å²) < 4.78 is 1.07. The highest BCUT2D eigenvalue weighted by Crippen LogP contribution is 1.83. The molecule has 0 radical (unpaired) electrons. The molecule has 0 bridgehead atoms. The summed E-state index contributed by atoms with van der Waals surface area (Å²) in [5.74, 6) is 0. The summed E-state index contributed by atoms with van der Waals surface area (Å²) in [7, 11) is 6.54. The molecule has 0 aromatic carbocycles. The Morgan fingerprint density at radius 2 is 1.33 bits per heavy atom. The van der Waals surface area contributed by atoms with Crippen molar-refractivity contribution in [2.45, 2.75) is 6.92 Å². The molecule has 58 valence electrons. The van der Waals surface area contributed by atoms with E-state index in [2.05, 4.69) is 33.1 Å². The minimum atomic E-state index is 1.07. The zero-order valence-corrected chi connectivity index (χ0v) is 6.46. The number of quaternary nitrogens is 1. The van der Waals surface area contributed by atoms with Crippen molar-refractivity contribution in [3.8, 4) is 0 Å². The lowest BCUT2D eigenvalue weighted by Gasteiger charge is -2.20. The van der Waals surface area contributed by atoms with Gasteiger partial charge in [0.05, 0.1) is 27.7 Å². The summed E-state index contributed by atoms with van der Waals surface area (Å²) in [6.45, 7) is 3.39. The van der Waals surface area contributed by atoms with Crippen LogP contribution in [-0.4, -0.2) is 42.7 Å². The number of nitrogens with zero attached hydrogens (tertiary/aromatic N) is 1. The average molecular weight is 138 g/mol. The second kappa shape index (κ2) is 5.97. The third-order valence-electron chi connectivity index (χ3n) is 0.949.